The van der Waals surface area contributed by atoms with E-state index in [4.69, 9.17) is 19.3 Å². The highest BCUT2D eigenvalue weighted by Gasteiger charge is 2.30. The zero-order valence-corrected chi connectivity index (χ0v) is 18.4. The van der Waals surface area contributed by atoms with Gasteiger partial charge in [0.15, 0.2) is 0 Å². The van der Waals surface area contributed by atoms with Crippen LogP contribution in [-0.4, -0.2) is 33.1 Å². The van der Waals surface area contributed by atoms with Gasteiger partial charge in [0.2, 0.25) is 5.82 Å². The van der Waals surface area contributed by atoms with Crippen molar-refractivity contribution in [3.05, 3.63) is 41.7 Å². The summed E-state index contributed by atoms with van der Waals surface area (Å²) in [5.74, 6) is 1.65. The fraction of sp³-hybridized carbons (Fsp3) is 0.560. The van der Waals surface area contributed by atoms with Crippen LogP contribution in [0.5, 0.6) is 0 Å². The second kappa shape index (κ2) is 9.35. The highest BCUT2D eigenvalue weighted by molar-refractivity contribution is 5.62. The molecule has 164 valence electrons. The van der Waals surface area contributed by atoms with Crippen LogP contribution in [0.1, 0.15) is 81.5 Å². The van der Waals surface area contributed by atoms with Gasteiger partial charge >= 0.3 is 0 Å². The number of nitrogens with zero attached hydrogens (tertiary/aromatic N) is 4. The largest absolute Gasteiger partial charge is 0.381 e. The van der Waals surface area contributed by atoms with Crippen molar-refractivity contribution in [3.8, 4) is 22.8 Å². The van der Waals surface area contributed by atoms with Gasteiger partial charge in [-0.25, -0.2) is 0 Å². The predicted molar refractivity (Wildman–Crippen MR) is 120 cm³/mol. The maximum atomic E-state index is 5.77. The lowest BCUT2D eigenvalue weighted by molar-refractivity contribution is 0.0828. The van der Waals surface area contributed by atoms with Crippen LogP contribution in [0.15, 0.2) is 35.0 Å². The molecular formula is C25H32N4O2. The molecule has 0 bridgehead atoms. The monoisotopic (exact) mass is 420 g/mol. The van der Waals surface area contributed by atoms with Gasteiger partial charge in [-0.1, -0.05) is 62.0 Å². The summed E-state index contributed by atoms with van der Waals surface area (Å²) in [5, 5.41) is 9.15. The minimum atomic E-state index is 0.428. The van der Waals surface area contributed by atoms with Gasteiger partial charge in [0, 0.05) is 24.7 Å². The van der Waals surface area contributed by atoms with Gasteiger partial charge < -0.3 is 9.26 Å². The van der Waals surface area contributed by atoms with Gasteiger partial charge in [0.1, 0.15) is 0 Å². The Kier molecular flexibility index (Phi) is 6.16. The number of hydrogen-bond donors (Lipinski definition) is 0. The minimum Gasteiger partial charge on any atom is -0.381 e. The van der Waals surface area contributed by atoms with Crippen molar-refractivity contribution in [2.45, 2.75) is 76.7 Å². The molecule has 0 amide bonds. The molecule has 6 nitrogen and oxygen atoms in total. The quantitative estimate of drug-likeness (QED) is 0.493. The molecule has 0 unspecified atom stereocenters. The topological polar surface area (TPSA) is 66.0 Å². The fourth-order valence-electron chi connectivity index (χ4n) is 5.09. The van der Waals surface area contributed by atoms with E-state index in [9.17, 15) is 0 Å². The molecule has 3 aromatic rings. The molecule has 31 heavy (non-hydrogen) atoms. The van der Waals surface area contributed by atoms with Gasteiger partial charge in [0.05, 0.1) is 23.5 Å². The second-order valence-electron chi connectivity index (χ2n) is 8.94. The van der Waals surface area contributed by atoms with Crippen molar-refractivity contribution >= 4 is 0 Å². The molecule has 0 N–H and O–H groups in total. The van der Waals surface area contributed by atoms with E-state index in [1.807, 2.05) is 6.20 Å². The smallest absolute Gasteiger partial charge is 0.261 e. The first-order valence-electron chi connectivity index (χ1n) is 11.9. The van der Waals surface area contributed by atoms with Gasteiger partial charge in [0.25, 0.3) is 5.89 Å². The Labute approximate surface area is 184 Å². The number of aromatic nitrogens is 4. The molecular weight excluding hydrogens is 388 g/mol. The van der Waals surface area contributed by atoms with Crippen LogP contribution in [0.2, 0.25) is 0 Å². The molecule has 3 heterocycles. The summed E-state index contributed by atoms with van der Waals surface area (Å²) in [5.41, 5.74) is 4.59. The van der Waals surface area contributed by atoms with Gasteiger partial charge in [-0.15, -0.1) is 0 Å². The Bertz CT molecular complexity index is 979. The highest BCUT2D eigenvalue weighted by atomic mass is 16.5. The molecule has 0 radical (unpaired) electrons. The van der Waals surface area contributed by atoms with Crippen molar-refractivity contribution in [1.29, 1.82) is 0 Å². The molecule has 0 spiro atoms. The Morgan fingerprint density at radius 3 is 2.52 bits per heavy atom. The number of rotatable bonds is 6. The molecule has 0 atom stereocenters. The summed E-state index contributed by atoms with van der Waals surface area (Å²) in [6, 6.07) is 8.97. The summed E-state index contributed by atoms with van der Waals surface area (Å²) < 4.78 is 13.7. The molecule has 1 saturated carbocycles. The number of benzene rings is 1. The molecule has 2 aliphatic rings. The summed E-state index contributed by atoms with van der Waals surface area (Å²) in [6.07, 6.45) is 12.5. The second-order valence-corrected chi connectivity index (χ2v) is 8.94. The summed E-state index contributed by atoms with van der Waals surface area (Å²) in [7, 11) is 0. The first-order valence-corrected chi connectivity index (χ1v) is 11.9. The van der Waals surface area contributed by atoms with Gasteiger partial charge in [-0.05, 0) is 37.7 Å². The van der Waals surface area contributed by atoms with E-state index in [-0.39, 0.29) is 0 Å². The molecule has 5 rings (SSSR count). The first-order chi connectivity index (χ1) is 15.3. The van der Waals surface area contributed by atoms with E-state index in [1.165, 1.54) is 43.4 Å². The maximum absolute atomic E-state index is 5.77. The van der Waals surface area contributed by atoms with E-state index in [0.717, 1.165) is 50.0 Å². The van der Waals surface area contributed by atoms with Crippen LogP contribution in [-0.2, 0) is 11.2 Å². The molecule has 1 aliphatic heterocycles. The van der Waals surface area contributed by atoms with E-state index in [0.29, 0.717) is 23.7 Å². The number of aryl methyl sites for hydroxylation is 1. The van der Waals surface area contributed by atoms with E-state index >= 15 is 0 Å². The van der Waals surface area contributed by atoms with Crippen LogP contribution in [0, 0.1) is 0 Å². The van der Waals surface area contributed by atoms with E-state index in [2.05, 4.69) is 41.0 Å². The Morgan fingerprint density at radius 2 is 1.77 bits per heavy atom. The minimum absolute atomic E-state index is 0.428. The molecule has 2 aromatic heterocycles. The lowest BCUT2D eigenvalue weighted by atomic mass is 9.91. The molecule has 1 saturated heterocycles. The number of ether oxygens (including phenoxy) is 1. The maximum Gasteiger partial charge on any atom is 0.261 e. The Balaban J connectivity index is 1.47. The predicted octanol–water partition coefficient (Wildman–Crippen LogP) is 5.95. The van der Waals surface area contributed by atoms with Gasteiger partial charge in [-0.2, -0.15) is 10.1 Å². The summed E-state index contributed by atoms with van der Waals surface area (Å²) >= 11 is 0. The van der Waals surface area contributed by atoms with Crippen molar-refractivity contribution in [3.63, 3.8) is 0 Å². The Hall–Kier alpha value is -2.47. The van der Waals surface area contributed by atoms with Crippen LogP contribution < -0.4 is 0 Å². The van der Waals surface area contributed by atoms with Crippen LogP contribution in [0.3, 0.4) is 0 Å². The first kappa shape index (κ1) is 20.4. The molecule has 6 heteroatoms. The van der Waals surface area contributed by atoms with Crippen molar-refractivity contribution < 1.29 is 9.26 Å². The molecule has 1 aliphatic carbocycles. The van der Waals surface area contributed by atoms with Crippen LogP contribution >= 0.6 is 0 Å². The normalized spacial score (nSPS) is 18.5. The zero-order valence-electron chi connectivity index (χ0n) is 18.4. The van der Waals surface area contributed by atoms with Crippen LogP contribution in [0.4, 0.5) is 0 Å². The highest BCUT2D eigenvalue weighted by Crippen LogP contribution is 2.39. The Morgan fingerprint density at radius 1 is 1.00 bits per heavy atom. The van der Waals surface area contributed by atoms with E-state index in [1.54, 1.807) is 0 Å². The van der Waals surface area contributed by atoms with Crippen LogP contribution in [0.25, 0.3) is 22.8 Å². The van der Waals surface area contributed by atoms with E-state index < -0.39 is 0 Å². The number of hydrogen-bond acceptors (Lipinski definition) is 5. The van der Waals surface area contributed by atoms with Crippen molar-refractivity contribution in [2.75, 3.05) is 13.2 Å². The third-order valence-electron chi connectivity index (χ3n) is 6.77. The average molecular weight is 421 g/mol. The standard InChI is InChI=1S/C25H32N4O2/c1-2-6-18-9-11-20(12-10-18)24-27-25(31-28-24)22-17-26-29(21-7-4-3-5-8-21)23(22)19-13-15-30-16-14-19/h9-12,17,19,21H,2-8,13-16H2,1H3. The third-order valence-corrected chi connectivity index (χ3v) is 6.77. The summed E-state index contributed by atoms with van der Waals surface area (Å²) in [4.78, 5) is 4.78. The lowest BCUT2D eigenvalue weighted by Gasteiger charge is -2.29. The zero-order chi connectivity index (χ0) is 21.0. The SMILES string of the molecule is CCCc1ccc(-c2noc(-c3cnn(C4CCCCC4)c3C3CCOCC3)n2)cc1. The third kappa shape index (κ3) is 4.31. The van der Waals surface area contributed by atoms with Crippen molar-refractivity contribution in [1.82, 2.24) is 19.9 Å². The fourth-order valence-corrected chi connectivity index (χ4v) is 5.09. The molecule has 1 aromatic carbocycles. The average Bonchev–Trinajstić information content (AvgIpc) is 3.48. The lowest BCUT2D eigenvalue weighted by Crippen LogP contribution is -2.22. The molecule has 2 fully saturated rings. The van der Waals surface area contributed by atoms with Crippen molar-refractivity contribution in [2.24, 2.45) is 0 Å². The van der Waals surface area contributed by atoms with Gasteiger partial charge in [-0.3, -0.25) is 4.68 Å². The summed E-state index contributed by atoms with van der Waals surface area (Å²) in [6.45, 7) is 3.81.